The monoisotopic (exact) mass is 521 g/mol. The van der Waals surface area contributed by atoms with E-state index in [1.807, 2.05) is 14.0 Å². The summed E-state index contributed by atoms with van der Waals surface area (Å²) in [5.74, 6) is -0.549. The second kappa shape index (κ2) is 10.5. The quantitative estimate of drug-likeness (QED) is 0.459. The van der Waals surface area contributed by atoms with E-state index in [0.717, 1.165) is 43.1 Å². The molecule has 0 spiro atoms. The zero-order chi connectivity index (χ0) is 25.2. The van der Waals surface area contributed by atoms with Crippen molar-refractivity contribution in [3.8, 4) is 0 Å². The average molecular weight is 522 g/mol. The van der Waals surface area contributed by atoms with Crippen molar-refractivity contribution in [1.29, 1.82) is 0 Å². The van der Waals surface area contributed by atoms with Crippen LogP contribution >= 0.6 is 11.3 Å². The van der Waals surface area contributed by atoms with Crippen LogP contribution in [0.1, 0.15) is 37.3 Å². The van der Waals surface area contributed by atoms with Crippen LogP contribution in [0.4, 0.5) is 20.3 Å². The number of hydrogen-bond acceptors (Lipinski definition) is 7. The van der Waals surface area contributed by atoms with Crippen molar-refractivity contribution in [3.05, 3.63) is 64.1 Å². The Morgan fingerprint density at radius 2 is 2.06 bits per heavy atom. The summed E-state index contributed by atoms with van der Waals surface area (Å²) in [4.78, 5) is 12.6. The molecular formula is C24H29F2N5O2S2. The highest BCUT2D eigenvalue weighted by molar-refractivity contribution is 7.92. The smallest absolute Gasteiger partial charge is 0.280 e. The number of sulfonamides is 1. The molecule has 1 aliphatic rings. The van der Waals surface area contributed by atoms with E-state index in [0.29, 0.717) is 12.1 Å². The van der Waals surface area contributed by atoms with Crippen molar-refractivity contribution >= 4 is 32.9 Å². The first-order valence-electron chi connectivity index (χ1n) is 11.5. The molecule has 1 aromatic carbocycles. The number of piperidine rings is 1. The fraction of sp³-hybridized carbons (Fsp3) is 0.417. The topological polar surface area (TPSA) is 78.4 Å². The minimum absolute atomic E-state index is 0.0569. The van der Waals surface area contributed by atoms with Crippen LogP contribution in [-0.2, 0) is 16.6 Å². The van der Waals surface area contributed by atoms with E-state index < -0.39 is 15.8 Å². The molecule has 0 aliphatic carbocycles. The van der Waals surface area contributed by atoms with Gasteiger partial charge >= 0.3 is 0 Å². The van der Waals surface area contributed by atoms with Gasteiger partial charge in [-0.25, -0.2) is 18.7 Å². The van der Waals surface area contributed by atoms with E-state index in [1.165, 1.54) is 23.5 Å². The van der Waals surface area contributed by atoms with Gasteiger partial charge in [0, 0.05) is 43.2 Å². The minimum atomic E-state index is -3.83. The van der Waals surface area contributed by atoms with Crippen molar-refractivity contribution < 1.29 is 17.2 Å². The number of nitrogens with one attached hydrogen (secondary N) is 1. The molecule has 1 fully saturated rings. The summed E-state index contributed by atoms with van der Waals surface area (Å²) in [6.45, 7) is 5.09. The van der Waals surface area contributed by atoms with Gasteiger partial charge in [-0.1, -0.05) is 6.92 Å². The van der Waals surface area contributed by atoms with E-state index in [4.69, 9.17) is 0 Å². The molecule has 35 heavy (non-hydrogen) atoms. The first-order chi connectivity index (χ1) is 16.7. The molecule has 0 amide bonds. The van der Waals surface area contributed by atoms with Gasteiger partial charge in [-0.3, -0.25) is 9.62 Å². The highest BCUT2D eigenvalue weighted by atomic mass is 32.2. The van der Waals surface area contributed by atoms with Crippen molar-refractivity contribution in [3.63, 3.8) is 0 Å². The van der Waals surface area contributed by atoms with Crippen LogP contribution < -0.4 is 9.62 Å². The van der Waals surface area contributed by atoms with Gasteiger partial charge in [0.25, 0.3) is 10.0 Å². The highest BCUT2D eigenvalue weighted by Crippen LogP contribution is 2.30. The molecule has 0 unspecified atom stereocenters. The number of benzene rings is 1. The van der Waals surface area contributed by atoms with Crippen molar-refractivity contribution in [2.45, 2.75) is 56.8 Å². The van der Waals surface area contributed by atoms with E-state index >= 15 is 0 Å². The Hall–Kier alpha value is -2.63. The summed E-state index contributed by atoms with van der Waals surface area (Å²) in [6.07, 6.45) is 4.18. The molecule has 7 nitrogen and oxygen atoms in total. The molecule has 1 N–H and O–H groups in total. The molecule has 3 heterocycles. The lowest BCUT2D eigenvalue weighted by atomic mass is 9.93. The van der Waals surface area contributed by atoms with Crippen LogP contribution in [0, 0.1) is 18.6 Å². The number of thiazole rings is 1. The lowest BCUT2D eigenvalue weighted by molar-refractivity contribution is 0.121. The van der Waals surface area contributed by atoms with Crippen LogP contribution in [0.3, 0.4) is 0 Å². The van der Waals surface area contributed by atoms with Gasteiger partial charge in [-0.2, -0.15) is 8.42 Å². The van der Waals surface area contributed by atoms with Crippen molar-refractivity contribution in [2.75, 3.05) is 23.2 Å². The molecule has 1 saturated heterocycles. The lowest BCUT2D eigenvalue weighted by Crippen LogP contribution is -2.48. The summed E-state index contributed by atoms with van der Waals surface area (Å²) >= 11 is 1.30. The zero-order valence-electron chi connectivity index (χ0n) is 19.9. The number of likely N-dealkylation sites (tertiary alicyclic amines) is 1. The second-order valence-corrected chi connectivity index (χ2v) is 11.2. The minimum Gasteiger partial charge on any atom is -0.370 e. The molecule has 11 heteroatoms. The van der Waals surface area contributed by atoms with Crippen LogP contribution in [0.15, 0.2) is 46.4 Å². The third-order valence-electron chi connectivity index (χ3n) is 6.59. The van der Waals surface area contributed by atoms with E-state index in [-0.39, 0.29) is 28.7 Å². The maximum absolute atomic E-state index is 14.2. The van der Waals surface area contributed by atoms with Crippen LogP contribution in [0.25, 0.3) is 0 Å². The molecule has 2 atom stereocenters. The molecule has 2 aromatic heterocycles. The van der Waals surface area contributed by atoms with E-state index in [1.54, 1.807) is 23.2 Å². The van der Waals surface area contributed by atoms with Crippen LogP contribution in [0.2, 0.25) is 0 Å². The molecule has 1 aliphatic heterocycles. The molecule has 0 saturated carbocycles. The summed E-state index contributed by atoms with van der Waals surface area (Å²) < 4.78 is 55.6. The second-order valence-electron chi connectivity index (χ2n) is 8.85. The van der Waals surface area contributed by atoms with Crippen molar-refractivity contribution in [2.24, 2.45) is 0 Å². The number of hydrogen-bond donors (Lipinski definition) is 1. The standard InChI is InChI=1S/C24H29F2N5O2S2/c1-4-19-11-20(7-8-31(19)13-17-10-18(25)5-6-21(17)26)30(3)22-12-27-24(9-16(22)2)35(32,33)29-23-14-34-15-28-23/h5-6,9-10,12,14-15,19-20,29H,4,7-8,11,13H2,1-3H3/t19-,20-/m1/s1. The van der Waals surface area contributed by atoms with Gasteiger partial charge in [0.05, 0.1) is 17.4 Å². The maximum Gasteiger partial charge on any atom is 0.280 e. The molecule has 3 aromatic rings. The van der Waals surface area contributed by atoms with E-state index in [2.05, 4.69) is 31.4 Å². The zero-order valence-corrected chi connectivity index (χ0v) is 21.5. The number of nitrogens with zero attached hydrogens (tertiary/aromatic N) is 4. The van der Waals surface area contributed by atoms with Gasteiger partial charge in [0.15, 0.2) is 10.8 Å². The number of aromatic nitrogens is 2. The first kappa shape index (κ1) is 25.5. The van der Waals surface area contributed by atoms with Gasteiger partial charge < -0.3 is 4.90 Å². The number of anilines is 2. The Bertz CT molecular complexity index is 1270. The summed E-state index contributed by atoms with van der Waals surface area (Å²) in [7, 11) is -1.84. The normalized spacial score (nSPS) is 19.0. The highest BCUT2D eigenvalue weighted by Gasteiger charge is 2.31. The average Bonchev–Trinajstić information content (AvgIpc) is 3.33. The number of rotatable bonds is 8. The molecule has 0 bridgehead atoms. The maximum atomic E-state index is 14.2. The predicted molar refractivity (Wildman–Crippen MR) is 134 cm³/mol. The van der Waals surface area contributed by atoms with Crippen molar-refractivity contribution in [1.82, 2.24) is 14.9 Å². The molecule has 0 radical (unpaired) electrons. The van der Waals surface area contributed by atoms with E-state index in [9.17, 15) is 17.2 Å². The number of halogens is 2. The van der Waals surface area contributed by atoms with Gasteiger partial charge in [0.2, 0.25) is 0 Å². The molecule has 4 rings (SSSR count). The largest absolute Gasteiger partial charge is 0.370 e. The predicted octanol–water partition coefficient (Wildman–Crippen LogP) is 4.80. The fourth-order valence-electron chi connectivity index (χ4n) is 4.64. The summed E-state index contributed by atoms with van der Waals surface area (Å²) in [5.41, 5.74) is 3.59. The summed E-state index contributed by atoms with van der Waals surface area (Å²) in [6, 6.07) is 5.59. The Morgan fingerprint density at radius 1 is 1.26 bits per heavy atom. The lowest BCUT2D eigenvalue weighted by Gasteiger charge is -2.43. The Morgan fingerprint density at radius 3 is 2.74 bits per heavy atom. The molecule has 188 valence electrons. The fourth-order valence-corrected chi connectivity index (χ4v) is 6.21. The first-order valence-corrected chi connectivity index (χ1v) is 13.9. The number of aryl methyl sites for hydroxylation is 1. The third kappa shape index (κ3) is 5.79. The van der Waals surface area contributed by atoms with Gasteiger partial charge in [0.1, 0.15) is 11.6 Å². The number of pyridine rings is 1. The Kier molecular flexibility index (Phi) is 7.67. The third-order valence-corrected chi connectivity index (χ3v) is 8.43. The SMILES string of the molecule is CC[C@@H]1C[C@H](N(C)c2cnc(S(=O)(=O)Nc3cscn3)cc2C)CCN1Cc1cc(F)ccc1F. The molecular weight excluding hydrogens is 492 g/mol. The van der Waals surface area contributed by atoms with Gasteiger partial charge in [-0.05, 0) is 56.0 Å². The van der Waals surface area contributed by atoms with Crippen LogP contribution in [-0.4, -0.2) is 49.0 Å². The Balaban J connectivity index is 1.46. The Labute approximate surface area is 208 Å². The van der Waals surface area contributed by atoms with Crippen LogP contribution in [0.5, 0.6) is 0 Å². The summed E-state index contributed by atoms with van der Waals surface area (Å²) in [5, 5.41) is 1.56. The van der Waals surface area contributed by atoms with Gasteiger partial charge in [-0.15, -0.1) is 11.3 Å².